The van der Waals surface area contributed by atoms with Crippen molar-refractivity contribution in [3.05, 3.63) is 35.9 Å². The zero-order valence-electron chi connectivity index (χ0n) is 9.03. The second kappa shape index (κ2) is 4.14. The molecule has 0 heterocycles. The highest BCUT2D eigenvalue weighted by molar-refractivity contribution is 5.14. The van der Waals surface area contributed by atoms with E-state index < -0.39 is 0 Å². The molecule has 1 saturated carbocycles. The van der Waals surface area contributed by atoms with Gasteiger partial charge in [-0.3, -0.25) is 0 Å². The fourth-order valence-electron chi connectivity index (χ4n) is 2.03. The molecule has 76 valence electrons. The van der Waals surface area contributed by atoms with E-state index in [9.17, 15) is 0 Å². The van der Waals surface area contributed by atoms with Crippen LogP contribution >= 0.6 is 0 Å². The van der Waals surface area contributed by atoms with Gasteiger partial charge in [-0.25, -0.2) is 0 Å². The first-order valence-electron chi connectivity index (χ1n) is 5.54. The van der Waals surface area contributed by atoms with E-state index in [0.29, 0.717) is 0 Å². The van der Waals surface area contributed by atoms with Crippen LogP contribution in [-0.2, 0) is 6.54 Å². The predicted octanol–water partition coefficient (Wildman–Crippen LogP) is 2.82. The van der Waals surface area contributed by atoms with Crippen molar-refractivity contribution >= 4 is 0 Å². The maximum absolute atomic E-state index is 3.60. The molecule has 2 rings (SSSR count). The summed E-state index contributed by atoms with van der Waals surface area (Å²) in [6, 6.07) is 11.4. The van der Waals surface area contributed by atoms with Gasteiger partial charge in [-0.15, -0.1) is 0 Å². The quantitative estimate of drug-likeness (QED) is 0.768. The fourth-order valence-corrected chi connectivity index (χ4v) is 2.03. The molecule has 14 heavy (non-hydrogen) atoms. The minimum Gasteiger partial charge on any atom is -0.310 e. The second-order valence-corrected chi connectivity index (χ2v) is 4.62. The normalized spacial score (nSPS) is 25.4. The average Bonchev–Trinajstić information content (AvgIpc) is 2.96. The molecule has 1 aromatic carbocycles. The summed E-state index contributed by atoms with van der Waals surface area (Å²) in [6.45, 7) is 5.65. The molecule has 0 radical (unpaired) electrons. The van der Waals surface area contributed by atoms with E-state index >= 15 is 0 Å². The van der Waals surface area contributed by atoms with Crippen LogP contribution in [0.5, 0.6) is 0 Å². The van der Waals surface area contributed by atoms with Crippen LogP contribution in [0.4, 0.5) is 0 Å². The van der Waals surface area contributed by atoms with Crippen molar-refractivity contribution in [2.24, 2.45) is 11.8 Å². The molecule has 1 nitrogen and oxygen atoms in total. The molecular weight excluding hydrogens is 170 g/mol. The standard InChI is InChI=1S/C13H19N/c1-10(2)12-8-13(12)14-9-11-6-4-3-5-7-11/h3-7,10,12-14H,8-9H2,1-2H3. The molecular formula is C13H19N. The monoisotopic (exact) mass is 189 g/mol. The van der Waals surface area contributed by atoms with Gasteiger partial charge in [0, 0.05) is 12.6 Å². The lowest BCUT2D eigenvalue weighted by molar-refractivity contribution is 0.511. The van der Waals surface area contributed by atoms with Gasteiger partial charge in [-0.05, 0) is 23.8 Å². The fraction of sp³-hybridized carbons (Fsp3) is 0.538. The molecule has 1 heteroatoms. The van der Waals surface area contributed by atoms with Gasteiger partial charge in [0.05, 0.1) is 0 Å². The highest BCUT2D eigenvalue weighted by atomic mass is 15.0. The van der Waals surface area contributed by atoms with E-state index in [1.165, 1.54) is 12.0 Å². The molecule has 1 N–H and O–H groups in total. The van der Waals surface area contributed by atoms with Crippen molar-refractivity contribution in [3.63, 3.8) is 0 Å². The Morgan fingerprint density at radius 1 is 1.29 bits per heavy atom. The van der Waals surface area contributed by atoms with E-state index in [2.05, 4.69) is 49.5 Å². The Morgan fingerprint density at radius 2 is 2.00 bits per heavy atom. The SMILES string of the molecule is CC(C)C1CC1NCc1ccccc1. The highest BCUT2D eigenvalue weighted by Gasteiger charge is 2.38. The van der Waals surface area contributed by atoms with E-state index in [1.807, 2.05) is 0 Å². The third-order valence-electron chi connectivity index (χ3n) is 3.11. The van der Waals surface area contributed by atoms with Crippen LogP contribution in [0.15, 0.2) is 30.3 Å². The van der Waals surface area contributed by atoms with Crippen LogP contribution < -0.4 is 5.32 Å². The Bertz CT molecular complexity index is 279. The van der Waals surface area contributed by atoms with Gasteiger partial charge < -0.3 is 5.32 Å². The van der Waals surface area contributed by atoms with E-state index in [1.54, 1.807) is 0 Å². The summed E-state index contributed by atoms with van der Waals surface area (Å²) in [5, 5.41) is 3.60. The van der Waals surface area contributed by atoms with Gasteiger partial charge in [0.2, 0.25) is 0 Å². The van der Waals surface area contributed by atoms with Crippen molar-refractivity contribution in [1.82, 2.24) is 5.32 Å². The van der Waals surface area contributed by atoms with Crippen molar-refractivity contribution in [1.29, 1.82) is 0 Å². The average molecular weight is 189 g/mol. The summed E-state index contributed by atoms with van der Waals surface area (Å²) in [5.41, 5.74) is 1.39. The van der Waals surface area contributed by atoms with Crippen LogP contribution in [-0.4, -0.2) is 6.04 Å². The summed E-state index contributed by atoms with van der Waals surface area (Å²) in [4.78, 5) is 0. The Hall–Kier alpha value is -0.820. The van der Waals surface area contributed by atoms with E-state index in [0.717, 1.165) is 24.4 Å². The van der Waals surface area contributed by atoms with Gasteiger partial charge in [0.25, 0.3) is 0 Å². The first-order chi connectivity index (χ1) is 6.77. The summed E-state index contributed by atoms with van der Waals surface area (Å²) in [7, 11) is 0. The number of nitrogens with one attached hydrogen (secondary N) is 1. The van der Waals surface area contributed by atoms with Gasteiger partial charge in [-0.1, -0.05) is 44.2 Å². The zero-order valence-corrected chi connectivity index (χ0v) is 9.03. The van der Waals surface area contributed by atoms with Crippen LogP contribution in [0.2, 0.25) is 0 Å². The first kappa shape index (κ1) is 9.72. The molecule has 0 amide bonds. The molecule has 2 unspecified atom stereocenters. The summed E-state index contributed by atoms with van der Waals surface area (Å²) < 4.78 is 0. The molecule has 0 aromatic heterocycles. The molecule has 0 saturated heterocycles. The van der Waals surface area contributed by atoms with Crippen LogP contribution in [0.1, 0.15) is 25.8 Å². The van der Waals surface area contributed by atoms with Crippen molar-refractivity contribution < 1.29 is 0 Å². The number of benzene rings is 1. The van der Waals surface area contributed by atoms with E-state index in [-0.39, 0.29) is 0 Å². The number of hydrogen-bond donors (Lipinski definition) is 1. The maximum atomic E-state index is 3.60. The number of rotatable bonds is 4. The van der Waals surface area contributed by atoms with Crippen LogP contribution in [0, 0.1) is 11.8 Å². The van der Waals surface area contributed by atoms with Gasteiger partial charge in [0.1, 0.15) is 0 Å². The molecule has 1 aliphatic carbocycles. The minimum atomic E-state index is 0.773. The lowest BCUT2D eigenvalue weighted by Crippen LogP contribution is -2.18. The third-order valence-corrected chi connectivity index (χ3v) is 3.11. The lowest BCUT2D eigenvalue weighted by Gasteiger charge is -2.05. The Morgan fingerprint density at radius 3 is 2.57 bits per heavy atom. The zero-order chi connectivity index (χ0) is 9.97. The smallest absolute Gasteiger partial charge is 0.0208 e. The molecule has 2 atom stereocenters. The topological polar surface area (TPSA) is 12.0 Å². The molecule has 0 spiro atoms. The predicted molar refractivity (Wildman–Crippen MR) is 60.0 cm³/mol. The lowest BCUT2D eigenvalue weighted by atomic mass is 10.1. The van der Waals surface area contributed by atoms with Crippen LogP contribution in [0.3, 0.4) is 0 Å². The van der Waals surface area contributed by atoms with Crippen molar-refractivity contribution in [2.45, 2.75) is 32.9 Å². The summed E-state index contributed by atoms with van der Waals surface area (Å²) >= 11 is 0. The Labute approximate surface area is 86.5 Å². The van der Waals surface area contributed by atoms with E-state index in [4.69, 9.17) is 0 Å². The molecule has 0 bridgehead atoms. The third kappa shape index (κ3) is 2.36. The molecule has 1 fully saturated rings. The molecule has 0 aliphatic heterocycles. The maximum Gasteiger partial charge on any atom is 0.0208 e. The van der Waals surface area contributed by atoms with Gasteiger partial charge in [0.15, 0.2) is 0 Å². The Balaban J connectivity index is 1.75. The molecule has 1 aromatic rings. The summed E-state index contributed by atoms with van der Waals surface area (Å²) in [5.74, 6) is 1.75. The first-order valence-corrected chi connectivity index (χ1v) is 5.54. The number of hydrogen-bond acceptors (Lipinski definition) is 1. The highest BCUT2D eigenvalue weighted by Crippen LogP contribution is 2.37. The van der Waals surface area contributed by atoms with Crippen molar-refractivity contribution in [3.8, 4) is 0 Å². The van der Waals surface area contributed by atoms with Gasteiger partial charge >= 0.3 is 0 Å². The summed E-state index contributed by atoms with van der Waals surface area (Å²) in [6.07, 6.45) is 1.37. The van der Waals surface area contributed by atoms with Crippen molar-refractivity contribution in [2.75, 3.05) is 0 Å². The second-order valence-electron chi connectivity index (χ2n) is 4.62. The molecule has 1 aliphatic rings. The van der Waals surface area contributed by atoms with Gasteiger partial charge in [-0.2, -0.15) is 0 Å². The van der Waals surface area contributed by atoms with Crippen LogP contribution in [0.25, 0.3) is 0 Å². The minimum absolute atomic E-state index is 0.773. The Kier molecular flexibility index (Phi) is 2.87. The largest absolute Gasteiger partial charge is 0.310 e.